The van der Waals surface area contributed by atoms with Crippen LogP contribution in [0.4, 0.5) is 5.82 Å². The first-order chi connectivity index (χ1) is 17.5. The van der Waals surface area contributed by atoms with E-state index in [1.54, 1.807) is 24.5 Å². The first-order valence-corrected chi connectivity index (χ1v) is 12.3. The summed E-state index contributed by atoms with van der Waals surface area (Å²) < 4.78 is 1.52. The maximum Gasteiger partial charge on any atom is 0.297 e. The lowest BCUT2D eigenvalue weighted by Crippen LogP contribution is -2.29. The predicted octanol–water partition coefficient (Wildman–Crippen LogP) is 4.37. The minimum atomic E-state index is -0.339. The van der Waals surface area contributed by atoms with Gasteiger partial charge in [-0.1, -0.05) is 55.5 Å². The molecule has 1 fully saturated rings. The summed E-state index contributed by atoms with van der Waals surface area (Å²) in [7, 11) is 0. The summed E-state index contributed by atoms with van der Waals surface area (Å²) in [6.07, 6.45) is 5.20. The fourth-order valence-corrected chi connectivity index (χ4v) is 4.51. The normalized spacial score (nSPS) is 14.9. The van der Waals surface area contributed by atoms with Crippen LogP contribution in [0.2, 0.25) is 0 Å². The molecule has 2 atom stereocenters. The summed E-state index contributed by atoms with van der Waals surface area (Å²) in [6, 6.07) is 19.4. The Labute approximate surface area is 209 Å². The summed E-state index contributed by atoms with van der Waals surface area (Å²) in [5.74, 6) is -0.128. The van der Waals surface area contributed by atoms with E-state index >= 15 is 0 Å². The van der Waals surface area contributed by atoms with Gasteiger partial charge in [-0.25, -0.2) is 4.98 Å². The van der Waals surface area contributed by atoms with E-state index in [2.05, 4.69) is 15.6 Å². The number of aromatic nitrogens is 2. The Morgan fingerprint density at radius 2 is 1.92 bits per heavy atom. The second kappa shape index (κ2) is 9.95. The third-order valence-corrected chi connectivity index (χ3v) is 6.79. The number of nitrogens with zero attached hydrogens (tertiary/aromatic N) is 2. The summed E-state index contributed by atoms with van der Waals surface area (Å²) in [4.78, 5) is 30.6. The van der Waals surface area contributed by atoms with Crippen LogP contribution in [0.5, 0.6) is 0 Å². The van der Waals surface area contributed by atoms with Crippen molar-refractivity contribution in [2.24, 2.45) is 5.92 Å². The Morgan fingerprint density at radius 3 is 2.69 bits per heavy atom. The number of carbonyl (C=O) groups is 1. The average molecular weight is 483 g/mol. The molecule has 1 aromatic heterocycles. The van der Waals surface area contributed by atoms with Crippen molar-refractivity contribution >= 4 is 22.5 Å². The number of anilines is 1. The molecule has 1 amide bonds. The van der Waals surface area contributed by atoms with Crippen LogP contribution in [-0.2, 0) is 0 Å². The van der Waals surface area contributed by atoms with Gasteiger partial charge >= 0.3 is 0 Å². The van der Waals surface area contributed by atoms with Gasteiger partial charge in [-0.2, -0.15) is 0 Å². The van der Waals surface area contributed by atoms with Crippen molar-refractivity contribution in [3.63, 3.8) is 0 Å². The van der Waals surface area contributed by atoms with Crippen molar-refractivity contribution in [3.8, 4) is 5.69 Å². The highest BCUT2D eigenvalue weighted by atomic mass is 16.3. The van der Waals surface area contributed by atoms with Crippen LogP contribution in [0, 0.1) is 12.8 Å². The first kappa shape index (κ1) is 23.8. The van der Waals surface area contributed by atoms with Crippen LogP contribution in [0.15, 0.2) is 77.9 Å². The number of amides is 1. The number of aliphatic hydroxyl groups is 1. The smallest absolute Gasteiger partial charge is 0.297 e. The van der Waals surface area contributed by atoms with Gasteiger partial charge in [0.1, 0.15) is 0 Å². The summed E-state index contributed by atoms with van der Waals surface area (Å²) in [5.41, 5.74) is 2.68. The van der Waals surface area contributed by atoms with Crippen LogP contribution in [0.3, 0.4) is 0 Å². The molecule has 0 saturated heterocycles. The number of hydrogen-bond donors (Lipinski definition) is 3. The molecule has 3 aromatic carbocycles. The summed E-state index contributed by atoms with van der Waals surface area (Å²) in [6.45, 7) is 3.79. The molecule has 0 bridgehead atoms. The zero-order valence-electron chi connectivity index (χ0n) is 20.4. The third-order valence-electron chi connectivity index (χ3n) is 6.79. The molecule has 1 heterocycles. The molecule has 7 nitrogen and oxygen atoms in total. The molecule has 0 aliphatic heterocycles. The Morgan fingerprint density at radius 1 is 1.14 bits per heavy atom. The Hall–Kier alpha value is -3.97. The van der Waals surface area contributed by atoms with Crippen molar-refractivity contribution in [2.45, 2.75) is 38.8 Å². The Kier molecular flexibility index (Phi) is 6.57. The summed E-state index contributed by atoms with van der Waals surface area (Å²) in [5, 5.41) is 18.5. The van der Waals surface area contributed by atoms with Crippen molar-refractivity contribution in [1.82, 2.24) is 14.9 Å². The number of nitrogens with one attached hydrogen (secondary N) is 2. The molecule has 4 aromatic rings. The number of aliphatic hydroxyl groups excluding tert-OH is 1. The topological polar surface area (TPSA) is 96.2 Å². The molecule has 5 rings (SSSR count). The van der Waals surface area contributed by atoms with Crippen molar-refractivity contribution in [3.05, 3.63) is 100 Å². The number of fused-ring (bicyclic) bond motifs is 1. The molecule has 1 saturated carbocycles. The lowest BCUT2D eigenvalue weighted by atomic mass is 9.91. The van der Waals surface area contributed by atoms with E-state index in [0.717, 1.165) is 34.7 Å². The highest BCUT2D eigenvalue weighted by Gasteiger charge is 2.25. The van der Waals surface area contributed by atoms with E-state index in [1.807, 2.05) is 62.4 Å². The molecular weight excluding hydrogens is 452 g/mol. The number of carbonyl (C=O) groups excluding carboxylic acids is 1. The van der Waals surface area contributed by atoms with Gasteiger partial charge in [-0.05, 0) is 53.8 Å². The quantitative estimate of drug-likeness (QED) is 0.347. The predicted molar refractivity (Wildman–Crippen MR) is 142 cm³/mol. The number of rotatable bonds is 8. The minimum Gasteiger partial charge on any atom is -0.396 e. The van der Waals surface area contributed by atoms with E-state index in [4.69, 9.17) is 0 Å². The van der Waals surface area contributed by atoms with E-state index in [0.29, 0.717) is 11.3 Å². The Bertz CT molecular complexity index is 1470. The number of hydrogen-bond acceptors (Lipinski definition) is 5. The lowest BCUT2D eigenvalue weighted by molar-refractivity contribution is 0.0951. The molecule has 0 radical (unpaired) electrons. The van der Waals surface area contributed by atoms with Gasteiger partial charge in [-0.15, -0.1) is 0 Å². The highest BCUT2D eigenvalue weighted by Crippen LogP contribution is 2.31. The maximum atomic E-state index is 13.6. The van der Waals surface area contributed by atoms with Crippen LogP contribution in [0.25, 0.3) is 16.5 Å². The fraction of sp³-hybridized carbons (Fsp3) is 0.276. The molecule has 7 heteroatoms. The maximum absolute atomic E-state index is 13.6. The first-order valence-electron chi connectivity index (χ1n) is 12.3. The highest BCUT2D eigenvalue weighted by molar-refractivity contribution is 5.95. The fourth-order valence-electron chi connectivity index (χ4n) is 4.51. The molecule has 36 heavy (non-hydrogen) atoms. The molecule has 3 N–H and O–H groups in total. The molecule has 1 aliphatic carbocycles. The van der Waals surface area contributed by atoms with Crippen molar-refractivity contribution in [2.75, 3.05) is 11.9 Å². The van der Waals surface area contributed by atoms with Gasteiger partial charge < -0.3 is 15.7 Å². The van der Waals surface area contributed by atoms with Crippen LogP contribution in [0.1, 0.15) is 47.3 Å². The van der Waals surface area contributed by atoms with E-state index < -0.39 is 0 Å². The monoisotopic (exact) mass is 482 g/mol. The second-order valence-electron chi connectivity index (χ2n) is 9.55. The lowest BCUT2D eigenvalue weighted by Gasteiger charge is -2.26. The van der Waals surface area contributed by atoms with E-state index in [9.17, 15) is 14.7 Å². The molecule has 0 spiro atoms. The van der Waals surface area contributed by atoms with Crippen LogP contribution in [-0.4, -0.2) is 33.2 Å². The average Bonchev–Trinajstić information content (AvgIpc) is 3.72. The Balaban J connectivity index is 1.53. The SMILES string of the molecule is Cc1ccc(C(=O)NC2CC2)cc1-n1ccnc(N[C@@H](c2cccc3ccccc23)[C@@H](C)CO)c1=O. The number of benzene rings is 3. The standard InChI is InChI=1S/C29H30N4O3/c1-18-10-11-21(28(35)31-22-12-13-22)16-25(18)33-15-14-30-27(29(33)36)32-26(19(2)17-34)24-9-5-7-20-6-3-4-8-23(20)24/h3-11,14-16,19,22,26,34H,12-13,17H2,1-2H3,(H,30,32)(H,31,35)/t19-,26+/m0/s1. The van der Waals surface area contributed by atoms with Gasteiger partial charge in [0.25, 0.3) is 11.5 Å². The van der Waals surface area contributed by atoms with E-state index in [1.165, 1.54) is 4.57 Å². The van der Waals surface area contributed by atoms with Gasteiger partial charge in [0.05, 0.1) is 11.7 Å². The van der Waals surface area contributed by atoms with E-state index in [-0.39, 0.29) is 41.9 Å². The molecule has 184 valence electrons. The van der Waals surface area contributed by atoms with Crippen LogP contribution >= 0.6 is 0 Å². The molecular formula is C29H30N4O3. The van der Waals surface area contributed by atoms with Crippen LogP contribution < -0.4 is 16.2 Å². The minimum absolute atomic E-state index is 0.0564. The van der Waals surface area contributed by atoms with Gasteiger partial charge in [0.2, 0.25) is 0 Å². The summed E-state index contributed by atoms with van der Waals surface area (Å²) >= 11 is 0. The van der Waals surface area contributed by atoms with Gasteiger partial charge in [0, 0.05) is 36.5 Å². The van der Waals surface area contributed by atoms with Gasteiger partial charge in [-0.3, -0.25) is 14.2 Å². The number of aryl methyl sites for hydroxylation is 1. The van der Waals surface area contributed by atoms with Gasteiger partial charge in [0.15, 0.2) is 5.82 Å². The zero-order valence-corrected chi connectivity index (χ0v) is 20.4. The van der Waals surface area contributed by atoms with Crippen molar-refractivity contribution in [1.29, 1.82) is 0 Å². The largest absolute Gasteiger partial charge is 0.396 e. The second-order valence-corrected chi connectivity index (χ2v) is 9.55. The zero-order chi connectivity index (χ0) is 25.2. The van der Waals surface area contributed by atoms with Crippen molar-refractivity contribution < 1.29 is 9.90 Å². The molecule has 1 aliphatic rings. The molecule has 0 unspecified atom stereocenters. The third kappa shape index (κ3) is 4.75.